The van der Waals surface area contributed by atoms with Crippen molar-refractivity contribution in [2.75, 3.05) is 45.9 Å². The Morgan fingerprint density at radius 1 is 1.20 bits per heavy atom. The lowest BCUT2D eigenvalue weighted by Crippen LogP contribution is -2.52. The molecule has 4 nitrogen and oxygen atoms in total. The van der Waals surface area contributed by atoms with E-state index in [1.54, 1.807) is 0 Å². The SMILES string of the molecule is CCC1CN(CC2CN(CC(C)C)CCO2)CCC1N. The molecule has 0 bridgehead atoms. The van der Waals surface area contributed by atoms with Gasteiger partial charge in [0.25, 0.3) is 0 Å². The van der Waals surface area contributed by atoms with E-state index in [9.17, 15) is 0 Å². The first-order valence-electron chi connectivity index (χ1n) is 8.40. The molecular weight excluding hydrogens is 250 g/mol. The molecule has 118 valence electrons. The summed E-state index contributed by atoms with van der Waals surface area (Å²) >= 11 is 0. The molecule has 3 unspecified atom stereocenters. The van der Waals surface area contributed by atoms with Gasteiger partial charge in [-0.15, -0.1) is 0 Å². The normalized spacial score (nSPS) is 33.8. The summed E-state index contributed by atoms with van der Waals surface area (Å²) in [4.78, 5) is 5.13. The van der Waals surface area contributed by atoms with Crippen LogP contribution < -0.4 is 5.73 Å². The summed E-state index contributed by atoms with van der Waals surface area (Å²) in [5.74, 6) is 1.41. The van der Waals surface area contributed by atoms with Crippen LogP contribution >= 0.6 is 0 Å². The standard InChI is InChI=1S/C16H33N3O/c1-4-14-10-18(6-5-16(14)17)11-15-12-19(7-8-20-15)9-13(2)3/h13-16H,4-12,17H2,1-3H3. The number of nitrogens with zero attached hydrogens (tertiary/aromatic N) is 2. The van der Waals surface area contributed by atoms with E-state index in [-0.39, 0.29) is 0 Å². The van der Waals surface area contributed by atoms with Crippen LogP contribution in [0.1, 0.15) is 33.6 Å². The molecule has 0 aromatic heterocycles. The van der Waals surface area contributed by atoms with E-state index >= 15 is 0 Å². The van der Waals surface area contributed by atoms with Crippen LogP contribution in [0.4, 0.5) is 0 Å². The number of hydrogen-bond donors (Lipinski definition) is 1. The van der Waals surface area contributed by atoms with Crippen LogP contribution in [0.3, 0.4) is 0 Å². The van der Waals surface area contributed by atoms with Crippen molar-refractivity contribution in [1.82, 2.24) is 9.80 Å². The van der Waals surface area contributed by atoms with E-state index in [2.05, 4.69) is 30.6 Å². The minimum atomic E-state index is 0.384. The van der Waals surface area contributed by atoms with Gasteiger partial charge >= 0.3 is 0 Å². The van der Waals surface area contributed by atoms with E-state index in [0.29, 0.717) is 18.1 Å². The van der Waals surface area contributed by atoms with Gasteiger partial charge in [-0.1, -0.05) is 27.2 Å². The van der Waals surface area contributed by atoms with E-state index in [4.69, 9.17) is 10.5 Å². The number of hydrogen-bond acceptors (Lipinski definition) is 4. The van der Waals surface area contributed by atoms with Gasteiger partial charge in [0, 0.05) is 38.8 Å². The van der Waals surface area contributed by atoms with Gasteiger partial charge in [-0.25, -0.2) is 0 Å². The Bertz CT molecular complexity index is 285. The number of morpholine rings is 1. The van der Waals surface area contributed by atoms with Crippen LogP contribution in [0.5, 0.6) is 0 Å². The molecule has 2 aliphatic rings. The molecule has 0 aliphatic carbocycles. The molecule has 0 amide bonds. The molecule has 2 heterocycles. The zero-order chi connectivity index (χ0) is 14.5. The van der Waals surface area contributed by atoms with Crippen LogP contribution in [0.2, 0.25) is 0 Å². The van der Waals surface area contributed by atoms with E-state index < -0.39 is 0 Å². The average molecular weight is 283 g/mol. The molecular formula is C16H33N3O. The Morgan fingerprint density at radius 2 is 2.00 bits per heavy atom. The summed E-state index contributed by atoms with van der Waals surface area (Å²) in [7, 11) is 0. The number of nitrogens with two attached hydrogens (primary N) is 1. The van der Waals surface area contributed by atoms with Crippen molar-refractivity contribution in [2.24, 2.45) is 17.6 Å². The van der Waals surface area contributed by atoms with Gasteiger partial charge in [0.05, 0.1) is 12.7 Å². The molecule has 0 saturated carbocycles. The van der Waals surface area contributed by atoms with Crippen LogP contribution in [0.25, 0.3) is 0 Å². The third kappa shape index (κ3) is 4.69. The average Bonchev–Trinajstić information content (AvgIpc) is 2.40. The number of piperidine rings is 1. The van der Waals surface area contributed by atoms with Crippen LogP contribution in [0.15, 0.2) is 0 Å². The first-order valence-corrected chi connectivity index (χ1v) is 8.40. The summed E-state index contributed by atoms with van der Waals surface area (Å²) in [6.45, 7) is 14.5. The topological polar surface area (TPSA) is 41.7 Å². The molecule has 2 aliphatic heterocycles. The Hall–Kier alpha value is -0.160. The predicted octanol–water partition coefficient (Wildman–Crippen LogP) is 1.40. The second-order valence-corrected chi connectivity index (χ2v) is 7.03. The second-order valence-electron chi connectivity index (χ2n) is 7.03. The van der Waals surface area contributed by atoms with Gasteiger partial charge in [-0.05, 0) is 24.8 Å². The third-order valence-electron chi connectivity index (χ3n) is 4.71. The molecule has 0 aromatic carbocycles. The minimum absolute atomic E-state index is 0.384. The largest absolute Gasteiger partial charge is 0.374 e. The fourth-order valence-electron chi connectivity index (χ4n) is 3.58. The van der Waals surface area contributed by atoms with Crippen molar-refractivity contribution in [3.63, 3.8) is 0 Å². The first-order chi connectivity index (χ1) is 9.58. The molecule has 4 heteroatoms. The zero-order valence-corrected chi connectivity index (χ0v) is 13.6. The summed E-state index contributed by atoms with van der Waals surface area (Å²) in [5.41, 5.74) is 6.20. The van der Waals surface area contributed by atoms with E-state index in [1.165, 1.54) is 13.0 Å². The minimum Gasteiger partial charge on any atom is -0.374 e. The molecule has 0 aromatic rings. The first kappa shape index (κ1) is 16.2. The highest BCUT2D eigenvalue weighted by atomic mass is 16.5. The number of likely N-dealkylation sites (tertiary alicyclic amines) is 1. The maximum atomic E-state index is 6.20. The Balaban J connectivity index is 1.77. The molecule has 2 saturated heterocycles. The highest BCUT2D eigenvalue weighted by Crippen LogP contribution is 2.19. The molecule has 2 rings (SSSR count). The van der Waals surface area contributed by atoms with Gasteiger partial charge in [0.15, 0.2) is 0 Å². The van der Waals surface area contributed by atoms with Crippen molar-refractivity contribution >= 4 is 0 Å². The Morgan fingerprint density at radius 3 is 2.70 bits per heavy atom. The summed E-state index contributed by atoms with van der Waals surface area (Å²) in [6.07, 6.45) is 2.72. The van der Waals surface area contributed by atoms with Crippen LogP contribution in [-0.4, -0.2) is 67.8 Å². The summed E-state index contributed by atoms with van der Waals surface area (Å²) in [5, 5.41) is 0. The number of ether oxygens (including phenoxy) is 1. The third-order valence-corrected chi connectivity index (χ3v) is 4.71. The predicted molar refractivity (Wildman–Crippen MR) is 83.8 cm³/mol. The molecule has 2 fully saturated rings. The van der Waals surface area contributed by atoms with Crippen molar-refractivity contribution < 1.29 is 4.74 Å². The fourth-order valence-corrected chi connectivity index (χ4v) is 3.58. The molecule has 0 radical (unpaired) electrons. The Labute approximate surface area is 124 Å². The highest BCUT2D eigenvalue weighted by Gasteiger charge is 2.28. The van der Waals surface area contributed by atoms with E-state index in [1.807, 2.05) is 0 Å². The highest BCUT2D eigenvalue weighted by molar-refractivity contribution is 4.84. The van der Waals surface area contributed by atoms with E-state index in [0.717, 1.165) is 51.7 Å². The quantitative estimate of drug-likeness (QED) is 0.828. The lowest BCUT2D eigenvalue weighted by atomic mass is 9.90. The fraction of sp³-hybridized carbons (Fsp3) is 1.00. The second kappa shape index (κ2) is 7.74. The van der Waals surface area contributed by atoms with Crippen molar-refractivity contribution in [3.05, 3.63) is 0 Å². The van der Waals surface area contributed by atoms with Crippen molar-refractivity contribution in [1.29, 1.82) is 0 Å². The van der Waals surface area contributed by atoms with Crippen molar-refractivity contribution in [2.45, 2.75) is 45.8 Å². The zero-order valence-electron chi connectivity index (χ0n) is 13.6. The maximum absolute atomic E-state index is 6.20. The lowest BCUT2D eigenvalue weighted by Gasteiger charge is -2.40. The van der Waals surface area contributed by atoms with Crippen LogP contribution in [0, 0.1) is 11.8 Å². The summed E-state index contributed by atoms with van der Waals surface area (Å²) < 4.78 is 5.97. The molecule has 2 N–H and O–H groups in total. The van der Waals surface area contributed by atoms with Gasteiger partial charge in [-0.2, -0.15) is 0 Å². The Kier molecular flexibility index (Phi) is 6.27. The lowest BCUT2D eigenvalue weighted by molar-refractivity contribution is -0.0511. The monoisotopic (exact) mass is 283 g/mol. The van der Waals surface area contributed by atoms with Gasteiger partial charge in [-0.3, -0.25) is 4.90 Å². The molecule has 20 heavy (non-hydrogen) atoms. The maximum Gasteiger partial charge on any atom is 0.0829 e. The molecule has 0 spiro atoms. The smallest absolute Gasteiger partial charge is 0.0829 e. The number of rotatable bonds is 5. The van der Waals surface area contributed by atoms with Crippen LogP contribution in [-0.2, 0) is 4.74 Å². The molecule has 3 atom stereocenters. The van der Waals surface area contributed by atoms with Gasteiger partial charge < -0.3 is 15.4 Å². The van der Waals surface area contributed by atoms with Gasteiger partial charge in [0.2, 0.25) is 0 Å². The summed E-state index contributed by atoms with van der Waals surface area (Å²) in [6, 6.07) is 0.404. The van der Waals surface area contributed by atoms with Gasteiger partial charge in [0.1, 0.15) is 0 Å². The van der Waals surface area contributed by atoms with Crippen molar-refractivity contribution in [3.8, 4) is 0 Å².